The van der Waals surface area contributed by atoms with Crippen molar-refractivity contribution in [3.63, 3.8) is 0 Å². The van der Waals surface area contributed by atoms with E-state index < -0.39 is 0 Å². The first-order valence-corrected chi connectivity index (χ1v) is 6.40. The Labute approximate surface area is 112 Å². The molecule has 6 heteroatoms. The van der Waals surface area contributed by atoms with E-state index in [1.807, 2.05) is 13.0 Å². The molecule has 0 bridgehead atoms. The second-order valence-electron chi connectivity index (χ2n) is 4.61. The van der Waals surface area contributed by atoms with E-state index in [2.05, 4.69) is 14.9 Å². The topological polar surface area (TPSA) is 64.3 Å². The van der Waals surface area contributed by atoms with Gasteiger partial charge in [0.15, 0.2) is 0 Å². The molecule has 0 aliphatic carbocycles. The van der Waals surface area contributed by atoms with Gasteiger partial charge in [0, 0.05) is 31.8 Å². The van der Waals surface area contributed by atoms with Crippen molar-refractivity contribution in [1.29, 1.82) is 0 Å². The van der Waals surface area contributed by atoms with E-state index in [1.165, 1.54) is 0 Å². The predicted molar refractivity (Wildman–Crippen MR) is 74.9 cm³/mol. The quantitative estimate of drug-likeness (QED) is 0.817. The van der Waals surface area contributed by atoms with Crippen molar-refractivity contribution in [2.24, 2.45) is 11.7 Å². The lowest BCUT2D eigenvalue weighted by Gasteiger charge is -2.17. The zero-order valence-corrected chi connectivity index (χ0v) is 11.5. The van der Waals surface area contributed by atoms with Crippen LogP contribution in [0.3, 0.4) is 0 Å². The van der Waals surface area contributed by atoms with Crippen molar-refractivity contribution in [2.45, 2.75) is 13.3 Å². The highest BCUT2D eigenvalue weighted by atomic mass is 32.1. The van der Waals surface area contributed by atoms with Crippen molar-refractivity contribution >= 4 is 23.2 Å². The summed E-state index contributed by atoms with van der Waals surface area (Å²) in [6.07, 6.45) is 1.10. The number of ether oxygens (including phenoxy) is 1. The summed E-state index contributed by atoms with van der Waals surface area (Å²) in [5, 5.41) is 0. The van der Waals surface area contributed by atoms with Gasteiger partial charge in [0.05, 0.1) is 6.61 Å². The molecule has 1 fully saturated rings. The average Bonchev–Trinajstić information content (AvgIpc) is 2.77. The third kappa shape index (κ3) is 2.94. The van der Waals surface area contributed by atoms with Gasteiger partial charge >= 0.3 is 0 Å². The molecule has 1 aromatic heterocycles. The van der Waals surface area contributed by atoms with E-state index in [-0.39, 0.29) is 0 Å². The van der Waals surface area contributed by atoms with Gasteiger partial charge in [-0.25, -0.2) is 9.97 Å². The van der Waals surface area contributed by atoms with Gasteiger partial charge in [0.25, 0.3) is 0 Å². The summed E-state index contributed by atoms with van der Waals surface area (Å²) < 4.78 is 5.19. The Morgan fingerprint density at radius 2 is 2.39 bits per heavy atom. The predicted octanol–water partition coefficient (Wildman–Crippen LogP) is 0.892. The first-order chi connectivity index (χ1) is 8.60. The number of anilines is 1. The van der Waals surface area contributed by atoms with E-state index >= 15 is 0 Å². The number of thiocarbonyl (C=S) groups is 1. The summed E-state index contributed by atoms with van der Waals surface area (Å²) in [5.41, 5.74) is 7.16. The highest BCUT2D eigenvalue weighted by Gasteiger charge is 2.24. The molecule has 1 saturated heterocycles. The van der Waals surface area contributed by atoms with Gasteiger partial charge in [-0.15, -0.1) is 0 Å². The Bertz CT molecular complexity index is 452. The molecule has 2 rings (SSSR count). The highest BCUT2D eigenvalue weighted by molar-refractivity contribution is 7.80. The second kappa shape index (κ2) is 5.58. The minimum absolute atomic E-state index is 0.314. The Morgan fingerprint density at radius 1 is 1.61 bits per heavy atom. The number of nitrogens with zero attached hydrogens (tertiary/aromatic N) is 3. The average molecular weight is 266 g/mol. The molecule has 98 valence electrons. The molecule has 1 unspecified atom stereocenters. The Kier molecular flexibility index (Phi) is 4.08. The number of hydrogen-bond acceptors (Lipinski definition) is 5. The zero-order chi connectivity index (χ0) is 13.1. The minimum Gasteiger partial charge on any atom is -0.388 e. The van der Waals surface area contributed by atoms with Crippen LogP contribution in [0.15, 0.2) is 6.07 Å². The summed E-state index contributed by atoms with van der Waals surface area (Å²) >= 11 is 4.97. The molecule has 0 radical (unpaired) electrons. The standard InChI is InChI=1S/C12H18N4OS/c1-8-5-10(11(13)18)15-12(14-8)16-4-3-9(6-16)7-17-2/h5,9H,3-4,6-7H2,1-2H3,(H2,13,18). The zero-order valence-electron chi connectivity index (χ0n) is 10.7. The fraction of sp³-hybridized carbons (Fsp3) is 0.583. The number of nitrogens with two attached hydrogens (primary N) is 1. The smallest absolute Gasteiger partial charge is 0.226 e. The fourth-order valence-electron chi connectivity index (χ4n) is 2.21. The molecule has 1 aliphatic heterocycles. The van der Waals surface area contributed by atoms with E-state index in [4.69, 9.17) is 22.7 Å². The molecule has 0 amide bonds. The maximum atomic E-state index is 5.63. The summed E-state index contributed by atoms with van der Waals surface area (Å²) in [6, 6.07) is 1.81. The fourth-order valence-corrected chi connectivity index (χ4v) is 2.31. The first-order valence-electron chi connectivity index (χ1n) is 5.99. The van der Waals surface area contributed by atoms with E-state index in [9.17, 15) is 0 Å². The van der Waals surface area contributed by atoms with Crippen molar-refractivity contribution in [1.82, 2.24) is 9.97 Å². The normalized spacial score (nSPS) is 19.2. The lowest BCUT2D eigenvalue weighted by molar-refractivity contribution is 0.161. The molecule has 0 aromatic carbocycles. The van der Waals surface area contributed by atoms with E-state index in [0.717, 1.165) is 37.8 Å². The largest absolute Gasteiger partial charge is 0.388 e. The molecule has 0 spiro atoms. The first kappa shape index (κ1) is 13.2. The lowest BCUT2D eigenvalue weighted by Crippen LogP contribution is -2.25. The van der Waals surface area contributed by atoms with Crippen LogP contribution in [0.25, 0.3) is 0 Å². The van der Waals surface area contributed by atoms with E-state index in [0.29, 0.717) is 16.6 Å². The molecular formula is C12H18N4OS. The van der Waals surface area contributed by atoms with Gasteiger partial charge in [0.2, 0.25) is 5.95 Å². The van der Waals surface area contributed by atoms with Crippen LogP contribution < -0.4 is 10.6 Å². The van der Waals surface area contributed by atoms with Crippen LogP contribution in [0.5, 0.6) is 0 Å². The third-order valence-electron chi connectivity index (χ3n) is 3.07. The van der Waals surface area contributed by atoms with Crippen LogP contribution in [0.2, 0.25) is 0 Å². The van der Waals surface area contributed by atoms with Gasteiger partial charge < -0.3 is 15.4 Å². The van der Waals surface area contributed by atoms with Crippen LogP contribution >= 0.6 is 12.2 Å². The van der Waals surface area contributed by atoms with E-state index in [1.54, 1.807) is 7.11 Å². The highest BCUT2D eigenvalue weighted by Crippen LogP contribution is 2.21. The van der Waals surface area contributed by atoms with Crippen molar-refractivity contribution in [3.8, 4) is 0 Å². The van der Waals surface area contributed by atoms with Gasteiger partial charge in [-0.3, -0.25) is 0 Å². The summed E-state index contributed by atoms with van der Waals surface area (Å²) in [7, 11) is 1.73. The lowest BCUT2D eigenvalue weighted by atomic mass is 10.1. The van der Waals surface area contributed by atoms with Gasteiger partial charge in [-0.2, -0.15) is 0 Å². The van der Waals surface area contributed by atoms with Crippen molar-refractivity contribution < 1.29 is 4.74 Å². The number of hydrogen-bond donors (Lipinski definition) is 1. The van der Waals surface area contributed by atoms with Gasteiger partial charge in [-0.05, 0) is 19.4 Å². The molecule has 18 heavy (non-hydrogen) atoms. The Morgan fingerprint density at radius 3 is 3.06 bits per heavy atom. The maximum Gasteiger partial charge on any atom is 0.226 e. The molecule has 2 heterocycles. The van der Waals surface area contributed by atoms with Crippen LogP contribution in [-0.4, -0.2) is 41.8 Å². The second-order valence-corrected chi connectivity index (χ2v) is 5.05. The molecule has 1 aromatic rings. The minimum atomic E-state index is 0.314. The molecule has 0 saturated carbocycles. The third-order valence-corrected chi connectivity index (χ3v) is 3.28. The number of rotatable bonds is 4. The van der Waals surface area contributed by atoms with Crippen LogP contribution in [0.4, 0.5) is 5.95 Å². The number of methoxy groups -OCH3 is 1. The van der Waals surface area contributed by atoms with Crippen LogP contribution in [-0.2, 0) is 4.74 Å². The molecule has 1 atom stereocenters. The summed E-state index contributed by atoms with van der Waals surface area (Å²) in [6.45, 7) is 4.59. The van der Waals surface area contributed by atoms with Crippen molar-refractivity contribution in [2.75, 3.05) is 31.7 Å². The molecule has 2 N–H and O–H groups in total. The van der Waals surface area contributed by atoms with Gasteiger partial charge in [-0.1, -0.05) is 12.2 Å². The maximum absolute atomic E-state index is 5.63. The molecule has 5 nitrogen and oxygen atoms in total. The van der Waals surface area contributed by atoms with Gasteiger partial charge in [0.1, 0.15) is 10.7 Å². The Balaban J connectivity index is 2.16. The molecular weight excluding hydrogens is 248 g/mol. The summed E-state index contributed by atoms with van der Waals surface area (Å²) in [5.74, 6) is 1.27. The Hall–Kier alpha value is -1.27. The van der Waals surface area contributed by atoms with Crippen LogP contribution in [0.1, 0.15) is 17.8 Å². The number of aryl methyl sites for hydroxylation is 1. The molecule has 1 aliphatic rings. The summed E-state index contributed by atoms with van der Waals surface area (Å²) in [4.78, 5) is 11.3. The SMILES string of the molecule is COCC1CCN(c2nc(C)cc(C(N)=S)n2)C1. The van der Waals surface area contributed by atoms with Crippen molar-refractivity contribution in [3.05, 3.63) is 17.5 Å². The number of aromatic nitrogens is 2. The monoisotopic (exact) mass is 266 g/mol. The van der Waals surface area contributed by atoms with Crippen LogP contribution in [0, 0.1) is 12.8 Å².